The first-order valence-corrected chi connectivity index (χ1v) is 7.44. The minimum atomic E-state index is 0.505. The van der Waals surface area contributed by atoms with E-state index in [1.165, 1.54) is 11.1 Å². The number of ether oxygens (including phenoxy) is 1. The van der Waals surface area contributed by atoms with Crippen LogP contribution in [0.15, 0.2) is 36.4 Å². The van der Waals surface area contributed by atoms with E-state index in [-0.39, 0.29) is 0 Å². The number of hydrogen-bond donors (Lipinski definition) is 2. The Bertz CT molecular complexity index is 584. The lowest BCUT2D eigenvalue weighted by molar-refractivity contribution is 0.307. The first-order valence-electron chi connectivity index (χ1n) is 7.44. The Balaban J connectivity index is 2.06. The second-order valence-electron chi connectivity index (χ2n) is 4.92. The Labute approximate surface area is 126 Å². The van der Waals surface area contributed by atoms with Crippen LogP contribution in [-0.2, 0) is 13.0 Å². The number of benzene rings is 1. The van der Waals surface area contributed by atoms with Gasteiger partial charge in [-0.1, -0.05) is 38.1 Å². The summed E-state index contributed by atoms with van der Waals surface area (Å²) in [6.45, 7) is 5.59. The first-order chi connectivity index (χ1) is 10.2. The standard InChI is InChI=1S/C17H23N3O/c1-3-11-21-17-15(18)9-10-16(20-17)19-12-14-8-6-5-7-13(14)4-2/h5-10H,3-4,11-12,18H2,1-2H3,(H,19,20). The van der Waals surface area contributed by atoms with Crippen LogP contribution in [0.5, 0.6) is 5.88 Å². The van der Waals surface area contributed by atoms with Crippen LogP contribution in [0.2, 0.25) is 0 Å². The van der Waals surface area contributed by atoms with Gasteiger partial charge in [-0.05, 0) is 36.1 Å². The van der Waals surface area contributed by atoms with E-state index in [0.29, 0.717) is 18.2 Å². The molecule has 112 valence electrons. The second-order valence-corrected chi connectivity index (χ2v) is 4.92. The molecule has 0 spiro atoms. The molecule has 3 N–H and O–H groups in total. The Morgan fingerprint density at radius 3 is 2.57 bits per heavy atom. The van der Waals surface area contributed by atoms with Crippen molar-refractivity contribution in [1.29, 1.82) is 0 Å². The summed E-state index contributed by atoms with van der Waals surface area (Å²) in [5.41, 5.74) is 9.08. The van der Waals surface area contributed by atoms with Gasteiger partial charge < -0.3 is 15.8 Å². The molecule has 1 heterocycles. The third kappa shape index (κ3) is 4.12. The smallest absolute Gasteiger partial charge is 0.239 e. The zero-order valence-corrected chi connectivity index (χ0v) is 12.7. The molecule has 2 rings (SSSR count). The maximum atomic E-state index is 5.87. The molecule has 0 saturated heterocycles. The first kappa shape index (κ1) is 15.2. The monoisotopic (exact) mass is 285 g/mol. The Morgan fingerprint density at radius 2 is 1.86 bits per heavy atom. The fraction of sp³-hybridized carbons (Fsp3) is 0.353. The van der Waals surface area contributed by atoms with Crippen LogP contribution in [-0.4, -0.2) is 11.6 Å². The number of nitrogens with zero attached hydrogens (tertiary/aromatic N) is 1. The quantitative estimate of drug-likeness (QED) is 0.815. The van der Waals surface area contributed by atoms with Gasteiger partial charge in [0.2, 0.25) is 5.88 Å². The maximum Gasteiger partial charge on any atom is 0.239 e. The van der Waals surface area contributed by atoms with Crippen LogP contribution in [0.25, 0.3) is 0 Å². The molecule has 0 atom stereocenters. The number of nitrogens with one attached hydrogen (secondary N) is 1. The van der Waals surface area contributed by atoms with E-state index < -0.39 is 0 Å². The van der Waals surface area contributed by atoms with Crippen LogP contribution >= 0.6 is 0 Å². The highest BCUT2D eigenvalue weighted by Gasteiger charge is 2.05. The van der Waals surface area contributed by atoms with Gasteiger partial charge in [0.05, 0.1) is 12.3 Å². The summed E-state index contributed by atoms with van der Waals surface area (Å²) < 4.78 is 5.55. The molecule has 0 aliphatic heterocycles. The average Bonchev–Trinajstić information content (AvgIpc) is 2.53. The Morgan fingerprint density at radius 1 is 1.10 bits per heavy atom. The summed E-state index contributed by atoms with van der Waals surface area (Å²) in [7, 11) is 0. The summed E-state index contributed by atoms with van der Waals surface area (Å²) in [6.07, 6.45) is 1.96. The van der Waals surface area contributed by atoms with E-state index in [2.05, 4.69) is 48.4 Å². The maximum absolute atomic E-state index is 5.87. The fourth-order valence-electron chi connectivity index (χ4n) is 2.12. The largest absolute Gasteiger partial charge is 0.476 e. The number of anilines is 2. The fourth-order valence-corrected chi connectivity index (χ4v) is 2.12. The van der Waals surface area contributed by atoms with Gasteiger partial charge in [0.1, 0.15) is 5.82 Å². The molecule has 0 radical (unpaired) electrons. The van der Waals surface area contributed by atoms with E-state index in [1.54, 1.807) is 0 Å². The van der Waals surface area contributed by atoms with Gasteiger partial charge in [-0.25, -0.2) is 0 Å². The molecule has 1 aromatic heterocycles. The van der Waals surface area contributed by atoms with Gasteiger partial charge in [-0.3, -0.25) is 0 Å². The third-order valence-corrected chi connectivity index (χ3v) is 3.29. The molecule has 0 aliphatic carbocycles. The van der Waals surface area contributed by atoms with Gasteiger partial charge in [0.15, 0.2) is 0 Å². The number of hydrogen-bond acceptors (Lipinski definition) is 4. The van der Waals surface area contributed by atoms with Crippen LogP contribution in [0.3, 0.4) is 0 Å². The SMILES string of the molecule is CCCOc1nc(NCc2ccccc2CC)ccc1N. The summed E-state index contributed by atoms with van der Waals surface area (Å²) >= 11 is 0. The minimum Gasteiger partial charge on any atom is -0.476 e. The Hall–Kier alpha value is -2.23. The van der Waals surface area contributed by atoms with Crippen molar-refractivity contribution in [2.75, 3.05) is 17.7 Å². The Kier molecular flexibility index (Phi) is 5.43. The molecule has 0 bridgehead atoms. The van der Waals surface area contributed by atoms with Gasteiger partial charge >= 0.3 is 0 Å². The minimum absolute atomic E-state index is 0.505. The summed E-state index contributed by atoms with van der Waals surface area (Å²) in [5.74, 6) is 1.28. The lowest BCUT2D eigenvalue weighted by Gasteiger charge is -2.12. The van der Waals surface area contributed by atoms with Crippen molar-refractivity contribution in [3.8, 4) is 5.88 Å². The van der Waals surface area contributed by atoms with Crippen LogP contribution in [0.4, 0.5) is 11.5 Å². The van der Waals surface area contributed by atoms with Crippen molar-refractivity contribution in [3.05, 3.63) is 47.5 Å². The van der Waals surface area contributed by atoms with Crippen molar-refractivity contribution in [1.82, 2.24) is 4.98 Å². The highest BCUT2D eigenvalue weighted by molar-refractivity contribution is 5.53. The molecule has 0 saturated carbocycles. The predicted molar refractivity (Wildman–Crippen MR) is 87.6 cm³/mol. The molecule has 4 nitrogen and oxygen atoms in total. The van der Waals surface area contributed by atoms with Crippen molar-refractivity contribution < 1.29 is 4.74 Å². The molecule has 0 fully saturated rings. The molecule has 2 aromatic rings. The highest BCUT2D eigenvalue weighted by Crippen LogP contribution is 2.21. The number of rotatable bonds is 7. The summed E-state index contributed by atoms with van der Waals surface area (Å²) in [5, 5.41) is 3.33. The number of aromatic nitrogens is 1. The topological polar surface area (TPSA) is 60.2 Å². The lowest BCUT2D eigenvalue weighted by atomic mass is 10.1. The molecule has 4 heteroatoms. The number of pyridine rings is 1. The van der Waals surface area contributed by atoms with Gasteiger partial charge in [0, 0.05) is 6.54 Å². The molecule has 0 aliphatic rings. The van der Waals surface area contributed by atoms with Crippen molar-refractivity contribution >= 4 is 11.5 Å². The van der Waals surface area contributed by atoms with Crippen molar-refractivity contribution in [2.24, 2.45) is 0 Å². The average molecular weight is 285 g/mol. The van der Waals surface area contributed by atoms with E-state index in [1.807, 2.05) is 12.1 Å². The molecule has 0 amide bonds. The van der Waals surface area contributed by atoms with E-state index in [4.69, 9.17) is 10.5 Å². The molecule has 1 aromatic carbocycles. The van der Waals surface area contributed by atoms with Crippen LogP contribution in [0.1, 0.15) is 31.4 Å². The van der Waals surface area contributed by atoms with Gasteiger partial charge in [0.25, 0.3) is 0 Å². The summed E-state index contributed by atoms with van der Waals surface area (Å²) in [6, 6.07) is 12.1. The lowest BCUT2D eigenvalue weighted by Crippen LogP contribution is -2.06. The molecule has 0 unspecified atom stereocenters. The van der Waals surface area contributed by atoms with Crippen LogP contribution in [0, 0.1) is 0 Å². The predicted octanol–water partition coefficient (Wildman–Crippen LogP) is 3.63. The number of aryl methyl sites for hydroxylation is 1. The second kappa shape index (κ2) is 7.53. The van der Waals surface area contributed by atoms with Crippen molar-refractivity contribution in [2.45, 2.75) is 33.2 Å². The number of nitrogen functional groups attached to an aromatic ring is 1. The van der Waals surface area contributed by atoms with Gasteiger partial charge in [-0.15, -0.1) is 0 Å². The van der Waals surface area contributed by atoms with E-state index >= 15 is 0 Å². The summed E-state index contributed by atoms with van der Waals surface area (Å²) in [4.78, 5) is 4.42. The molecular formula is C17H23N3O. The molecular weight excluding hydrogens is 262 g/mol. The van der Waals surface area contributed by atoms with Crippen molar-refractivity contribution in [3.63, 3.8) is 0 Å². The third-order valence-electron chi connectivity index (χ3n) is 3.29. The zero-order valence-electron chi connectivity index (χ0n) is 12.7. The zero-order chi connectivity index (χ0) is 15.1. The number of nitrogens with two attached hydrogens (primary N) is 1. The normalized spacial score (nSPS) is 10.4. The van der Waals surface area contributed by atoms with Gasteiger partial charge in [-0.2, -0.15) is 4.98 Å². The van der Waals surface area contributed by atoms with E-state index in [0.717, 1.165) is 25.2 Å². The van der Waals surface area contributed by atoms with E-state index in [9.17, 15) is 0 Å². The molecule has 21 heavy (non-hydrogen) atoms. The van der Waals surface area contributed by atoms with Crippen LogP contribution < -0.4 is 15.8 Å². The highest BCUT2D eigenvalue weighted by atomic mass is 16.5.